The minimum absolute atomic E-state index is 0.0885. The van der Waals surface area contributed by atoms with Gasteiger partial charge in [0.25, 0.3) is 0 Å². The van der Waals surface area contributed by atoms with Crippen LogP contribution in [0.5, 0.6) is 0 Å². The number of anilines is 2. The molecule has 1 fully saturated rings. The number of carbonyl (C=O) groups is 1. The summed E-state index contributed by atoms with van der Waals surface area (Å²) >= 11 is 0. The monoisotopic (exact) mass is 504 g/mol. The smallest absolute Gasteiger partial charge is 0.338 e. The molecule has 4 rings (SSSR count). The molecule has 0 aliphatic heterocycles. The van der Waals surface area contributed by atoms with Crippen LogP contribution in [0.15, 0.2) is 48.7 Å². The number of hydrogen-bond donors (Lipinski definition) is 3. The van der Waals surface area contributed by atoms with Gasteiger partial charge in [0.1, 0.15) is 6.20 Å². The fourth-order valence-corrected chi connectivity index (χ4v) is 4.55. The highest BCUT2D eigenvalue weighted by Gasteiger charge is 2.24. The van der Waals surface area contributed by atoms with E-state index in [1.54, 1.807) is 13.0 Å². The van der Waals surface area contributed by atoms with E-state index in [1.165, 1.54) is 6.20 Å². The molecule has 10 nitrogen and oxygen atoms in total. The fraction of sp³-hybridized carbons (Fsp3) is 0.370. The molecule has 194 valence electrons. The van der Waals surface area contributed by atoms with Gasteiger partial charge in [0.15, 0.2) is 0 Å². The molecule has 1 aliphatic carbocycles. The Labute approximate surface area is 215 Å². The van der Waals surface area contributed by atoms with Crippen molar-refractivity contribution in [3.8, 4) is 11.1 Å². The maximum Gasteiger partial charge on any atom is 0.338 e. The van der Waals surface area contributed by atoms with Crippen LogP contribution in [0.2, 0.25) is 0 Å². The Kier molecular flexibility index (Phi) is 8.29. The number of benzene rings is 2. The molecule has 1 heterocycles. The van der Waals surface area contributed by atoms with Gasteiger partial charge in [-0.25, -0.2) is 9.78 Å². The molecule has 3 aromatic rings. The lowest BCUT2D eigenvalue weighted by Gasteiger charge is -2.27. The summed E-state index contributed by atoms with van der Waals surface area (Å²) in [6.07, 6.45) is 4.67. The zero-order chi connectivity index (χ0) is 26.4. The molecule has 1 saturated carbocycles. The minimum atomic E-state index is -0.474. The van der Waals surface area contributed by atoms with Crippen LogP contribution in [0.3, 0.4) is 0 Å². The van der Waals surface area contributed by atoms with Gasteiger partial charge in [-0.05, 0) is 73.9 Å². The fourth-order valence-electron chi connectivity index (χ4n) is 4.55. The van der Waals surface area contributed by atoms with E-state index in [4.69, 9.17) is 10.5 Å². The SMILES string of the molecule is CCOC(=O)c1cccc(-c2cccc(CNc3ncc([N+](=O)[O-])c(NC4CCC(N)CC4)n3)c2C)c1. The summed E-state index contributed by atoms with van der Waals surface area (Å²) in [7, 11) is 0. The molecule has 0 bridgehead atoms. The van der Waals surface area contributed by atoms with E-state index in [9.17, 15) is 14.9 Å². The predicted molar refractivity (Wildman–Crippen MR) is 142 cm³/mol. The molecule has 0 radical (unpaired) electrons. The van der Waals surface area contributed by atoms with Crippen LogP contribution in [0.25, 0.3) is 11.1 Å². The van der Waals surface area contributed by atoms with Crippen LogP contribution in [0.1, 0.15) is 54.1 Å². The first-order chi connectivity index (χ1) is 17.9. The van der Waals surface area contributed by atoms with Crippen molar-refractivity contribution in [3.63, 3.8) is 0 Å². The summed E-state index contributed by atoms with van der Waals surface area (Å²) in [5.74, 6) is 0.162. The van der Waals surface area contributed by atoms with Gasteiger partial charge in [0, 0.05) is 18.6 Å². The second-order valence-electron chi connectivity index (χ2n) is 9.19. The normalized spacial score (nSPS) is 17.2. The third-order valence-corrected chi connectivity index (χ3v) is 6.65. The number of nitrogens with zero attached hydrogens (tertiary/aromatic N) is 3. The number of rotatable bonds is 9. The summed E-state index contributed by atoms with van der Waals surface area (Å²) in [6.45, 7) is 4.54. The molecular formula is C27H32N6O4. The largest absolute Gasteiger partial charge is 0.462 e. The van der Waals surface area contributed by atoms with E-state index in [-0.39, 0.29) is 29.6 Å². The molecular weight excluding hydrogens is 472 g/mol. The molecule has 2 aromatic carbocycles. The first-order valence-electron chi connectivity index (χ1n) is 12.5. The van der Waals surface area contributed by atoms with Crippen molar-refractivity contribution in [3.05, 3.63) is 75.5 Å². The van der Waals surface area contributed by atoms with Gasteiger partial charge >= 0.3 is 11.7 Å². The van der Waals surface area contributed by atoms with E-state index >= 15 is 0 Å². The van der Waals surface area contributed by atoms with Crippen molar-refractivity contribution >= 4 is 23.4 Å². The van der Waals surface area contributed by atoms with Crippen molar-refractivity contribution in [2.24, 2.45) is 5.73 Å². The van der Waals surface area contributed by atoms with Gasteiger partial charge in [0.2, 0.25) is 11.8 Å². The van der Waals surface area contributed by atoms with Gasteiger partial charge < -0.3 is 21.1 Å². The topological polar surface area (TPSA) is 145 Å². The number of carbonyl (C=O) groups excluding carboxylic acids is 1. The number of aromatic nitrogens is 2. The maximum absolute atomic E-state index is 12.2. The van der Waals surface area contributed by atoms with Crippen molar-refractivity contribution in [1.82, 2.24) is 9.97 Å². The van der Waals surface area contributed by atoms with E-state index < -0.39 is 4.92 Å². The van der Waals surface area contributed by atoms with Gasteiger partial charge in [-0.3, -0.25) is 10.1 Å². The van der Waals surface area contributed by atoms with Crippen LogP contribution in [-0.2, 0) is 11.3 Å². The minimum Gasteiger partial charge on any atom is -0.462 e. The van der Waals surface area contributed by atoms with Crippen molar-refractivity contribution in [2.75, 3.05) is 17.2 Å². The van der Waals surface area contributed by atoms with Crippen molar-refractivity contribution < 1.29 is 14.5 Å². The van der Waals surface area contributed by atoms with Crippen LogP contribution in [-0.4, -0.2) is 39.6 Å². The van der Waals surface area contributed by atoms with Crippen molar-refractivity contribution in [1.29, 1.82) is 0 Å². The van der Waals surface area contributed by atoms with Crippen LogP contribution >= 0.6 is 0 Å². The number of nitrogens with two attached hydrogens (primary N) is 1. The molecule has 1 aromatic heterocycles. The standard InChI is InChI=1S/C27H32N6O4/c1-3-37-26(34)19-7-4-6-18(14-19)23-9-5-8-20(17(23)2)15-29-27-30-16-24(33(35)36)25(32-27)31-22-12-10-21(28)11-13-22/h4-9,14,16,21-22H,3,10-13,15,28H2,1-2H3,(H2,29,30,31,32). The van der Waals surface area contributed by atoms with Gasteiger partial charge in [-0.15, -0.1) is 0 Å². The number of hydrogen-bond acceptors (Lipinski definition) is 9. The first-order valence-corrected chi connectivity index (χ1v) is 12.5. The lowest BCUT2D eigenvalue weighted by molar-refractivity contribution is -0.384. The van der Waals surface area contributed by atoms with Gasteiger partial charge in [0.05, 0.1) is 17.1 Å². The van der Waals surface area contributed by atoms with E-state index in [0.717, 1.165) is 47.9 Å². The van der Waals surface area contributed by atoms with Crippen molar-refractivity contribution in [2.45, 2.75) is 58.2 Å². The Morgan fingerprint density at radius 2 is 1.95 bits per heavy atom. The zero-order valence-corrected chi connectivity index (χ0v) is 21.1. The van der Waals surface area contributed by atoms with Crippen LogP contribution in [0.4, 0.5) is 17.5 Å². The van der Waals surface area contributed by atoms with Crippen LogP contribution in [0, 0.1) is 17.0 Å². The maximum atomic E-state index is 12.2. The molecule has 0 unspecified atom stereocenters. The highest BCUT2D eigenvalue weighted by atomic mass is 16.6. The third-order valence-electron chi connectivity index (χ3n) is 6.65. The highest BCUT2D eigenvalue weighted by Crippen LogP contribution is 2.29. The predicted octanol–water partition coefficient (Wildman–Crippen LogP) is 4.83. The Balaban J connectivity index is 1.51. The molecule has 0 saturated heterocycles. The molecule has 1 aliphatic rings. The molecule has 0 spiro atoms. The molecule has 4 N–H and O–H groups in total. The number of nitrogens with one attached hydrogen (secondary N) is 2. The Bertz CT molecular complexity index is 1270. The molecule has 0 amide bonds. The van der Waals surface area contributed by atoms with E-state index in [2.05, 4.69) is 20.6 Å². The number of esters is 1. The molecule has 10 heteroatoms. The summed E-state index contributed by atoms with van der Waals surface area (Å²) in [4.78, 5) is 31.8. The lowest BCUT2D eigenvalue weighted by atomic mass is 9.92. The third kappa shape index (κ3) is 6.39. The molecule has 37 heavy (non-hydrogen) atoms. The number of nitro groups is 1. The van der Waals surface area contributed by atoms with E-state index in [0.29, 0.717) is 24.7 Å². The Morgan fingerprint density at radius 3 is 2.68 bits per heavy atom. The highest BCUT2D eigenvalue weighted by molar-refractivity contribution is 5.91. The summed E-state index contributed by atoms with van der Waals surface area (Å²) in [5, 5.41) is 18.0. The summed E-state index contributed by atoms with van der Waals surface area (Å²) < 4.78 is 5.13. The van der Waals surface area contributed by atoms with E-state index in [1.807, 2.05) is 43.3 Å². The Morgan fingerprint density at radius 1 is 1.19 bits per heavy atom. The summed E-state index contributed by atoms with van der Waals surface area (Å²) in [6, 6.07) is 13.6. The first kappa shape index (κ1) is 26.0. The quantitative estimate of drug-likeness (QED) is 0.212. The average Bonchev–Trinajstić information content (AvgIpc) is 2.89. The average molecular weight is 505 g/mol. The van der Waals surface area contributed by atoms with Crippen LogP contribution < -0.4 is 16.4 Å². The van der Waals surface area contributed by atoms with Gasteiger partial charge in [-0.2, -0.15) is 4.98 Å². The lowest BCUT2D eigenvalue weighted by Crippen LogP contribution is -2.33. The van der Waals surface area contributed by atoms with Gasteiger partial charge in [-0.1, -0.05) is 30.3 Å². The number of ether oxygens (including phenoxy) is 1. The second-order valence-corrected chi connectivity index (χ2v) is 9.19. The summed E-state index contributed by atoms with van der Waals surface area (Å²) in [5.41, 5.74) is 10.3. The Hall–Kier alpha value is -4.05. The zero-order valence-electron chi connectivity index (χ0n) is 21.1. The molecule has 0 atom stereocenters. The second kappa shape index (κ2) is 11.8.